The largest absolute Gasteiger partial charge is 0.369 e. The molecule has 1 saturated heterocycles. The molecule has 2 rings (SSSR count). The molecule has 0 saturated carbocycles. The molecule has 1 fully saturated rings. The molecule has 1 aromatic rings. The summed E-state index contributed by atoms with van der Waals surface area (Å²) in [5.74, 6) is 1.82. The molecule has 5 nitrogen and oxygen atoms in total. The Morgan fingerprint density at radius 1 is 1.40 bits per heavy atom. The van der Waals surface area contributed by atoms with E-state index >= 15 is 0 Å². The summed E-state index contributed by atoms with van der Waals surface area (Å²) in [5.41, 5.74) is 0. The van der Waals surface area contributed by atoms with Crippen LogP contribution in [0.25, 0.3) is 0 Å². The van der Waals surface area contributed by atoms with Gasteiger partial charge in [0.2, 0.25) is 0 Å². The average Bonchev–Trinajstić information content (AvgIpc) is 2.31. The first-order valence-corrected chi connectivity index (χ1v) is 5.41. The quantitative estimate of drug-likeness (QED) is 0.747. The van der Waals surface area contributed by atoms with Crippen LogP contribution >= 0.6 is 0 Å². The number of hydrogen-bond donors (Lipinski definition) is 2. The fraction of sp³-hybridized carbons (Fsp3) is 0.600. The second-order valence-corrected chi connectivity index (χ2v) is 3.53. The van der Waals surface area contributed by atoms with Crippen molar-refractivity contribution in [1.29, 1.82) is 0 Å². The predicted molar refractivity (Wildman–Crippen MR) is 61.3 cm³/mol. The summed E-state index contributed by atoms with van der Waals surface area (Å²) >= 11 is 0. The van der Waals surface area contributed by atoms with Crippen LogP contribution in [0.2, 0.25) is 0 Å². The summed E-state index contributed by atoms with van der Waals surface area (Å²) in [6.45, 7) is 6.98. The van der Waals surface area contributed by atoms with Crippen LogP contribution in [-0.2, 0) is 0 Å². The highest BCUT2D eigenvalue weighted by Crippen LogP contribution is 2.12. The SMILES string of the molecule is CCNc1cncc(N2CCNCC2)n1. The summed E-state index contributed by atoms with van der Waals surface area (Å²) in [6, 6.07) is 0. The van der Waals surface area contributed by atoms with Gasteiger partial charge in [-0.25, -0.2) is 4.98 Å². The molecule has 5 heteroatoms. The summed E-state index contributed by atoms with van der Waals surface area (Å²) in [5, 5.41) is 6.49. The highest BCUT2D eigenvalue weighted by molar-refractivity contribution is 5.44. The molecular formula is C10H17N5. The molecule has 15 heavy (non-hydrogen) atoms. The number of nitrogens with zero attached hydrogens (tertiary/aromatic N) is 3. The number of aromatic nitrogens is 2. The van der Waals surface area contributed by atoms with Crippen molar-refractivity contribution in [2.45, 2.75) is 6.92 Å². The zero-order valence-electron chi connectivity index (χ0n) is 9.03. The molecule has 0 radical (unpaired) electrons. The molecule has 0 aromatic carbocycles. The van der Waals surface area contributed by atoms with Gasteiger partial charge in [-0.1, -0.05) is 0 Å². The number of nitrogens with one attached hydrogen (secondary N) is 2. The van der Waals surface area contributed by atoms with E-state index in [1.54, 1.807) is 6.20 Å². The lowest BCUT2D eigenvalue weighted by Gasteiger charge is -2.28. The topological polar surface area (TPSA) is 53.1 Å². The predicted octanol–water partition coefficient (Wildman–Crippen LogP) is 0.318. The molecular weight excluding hydrogens is 190 g/mol. The van der Waals surface area contributed by atoms with Crippen LogP contribution in [0.15, 0.2) is 12.4 Å². The third-order valence-corrected chi connectivity index (χ3v) is 2.42. The zero-order chi connectivity index (χ0) is 10.5. The van der Waals surface area contributed by atoms with Gasteiger partial charge in [0.1, 0.15) is 11.6 Å². The minimum absolute atomic E-state index is 0.855. The molecule has 2 N–H and O–H groups in total. The second kappa shape index (κ2) is 4.93. The Balaban J connectivity index is 2.09. The highest BCUT2D eigenvalue weighted by atomic mass is 15.2. The second-order valence-electron chi connectivity index (χ2n) is 3.53. The van der Waals surface area contributed by atoms with Crippen LogP contribution in [0.3, 0.4) is 0 Å². The average molecular weight is 207 g/mol. The number of rotatable bonds is 3. The van der Waals surface area contributed by atoms with Crippen LogP contribution in [0.1, 0.15) is 6.92 Å². The van der Waals surface area contributed by atoms with Gasteiger partial charge in [-0.3, -0.25) is 4.98 Å². The van der Waals surface area contributed by atoms with E-state index < -0.39 is 0 Å². The summed E-state index contributed by atoms with van der Waals surface area (Å²) < 4.78 is 0. The minimum atomic E-state index is 0.855. The molecule has 0 spiro atoms. The van der Waals surface area contributed by atoms with E-state index in [9.17, 15) is 0 Å². The Bertz CT molecular complexity index is 308. The summed E-state index contributed by atoms with van der Waals surface area (Å²) in [4.78, 5) is 11.0. The van der Waals surface area contributed by atoms with Crippen molar-refractivity contribution >= 4 is 11.6 Å². The van der Waals surface area contributed by atoms with Crippen LogP contribution in [-0.4, -0.2) is 42.7 Å². The van der Waals surface area contributed by atoms with Gasteiger partial charge in [0.05, 0.1) is 12.4 Å². The molecule has 0 amide bonds. The van der Waals surface area contributed by atoms with E-state index in [0.717, 1.165) is 44.4 Å². The van der Waals surface area contributed by atoms with Crippen molar-refractivity contribution in [3.8, 4) is 0 Å². The van der Waals surface area contributed by atoms with Gasteiger partial charge in [0, 0.05) is 32.7 Å². The van der Waals surface area contributed by atoms with E-state index in [2.05, 4.69) is 32.4 Å². The van der Waals surface area contributed by atoms with Crippen LogP contribution < -0.4 is 15.5 Å². The Labute approximate surface area is 89.9 Å². The van der Waals surface area contributed by atoms with Crippen LogP contribution in [0.4, 0.5) is 11.6 Å². The van der Waals surface area contributed by atoms with E-state index in [0.29, 0.717) is 0 Å². The number of hydrogen-bond acceptors (Lipinski definition) is 5. The summed E-state index contributed by atoms with van der Waals surface area (Å²) in [6.07, 6.45) is 3.58. The maximum atomic E-state index is 4.51. The molecule has 1 aliphatic heterocycles. The molecule has 0 atom stereocenters. The van der Waals surface area contributed by atoms with Crippen molar-refractivity contribution in [1.82, 2.24) is 15.3 Å². The highest BCUT2D eigenvalue weighted by Gasteiger charge is 2.11. The fourth-order valence-electron chi connectivity index (χ4n) is 1.67. The standard InChI is InChI=1S/C10H17N5/c1-2-13-9-7-12-8-10(14-9)15-5-3-11-4-6-15/h7-8,11H,2-6H2,1H3,(H,13,14). The molecule has 1 aliphatic rings. The van der Waals surface area contributed by atoms with Crippen LogP contribution in [0, 0.1) is 0 Å². The zero-order valence-corrected chi connectivity index (χ0v) is 9.03. The van der Waals surface area contributed by atoms with Crippen molar-refractivity contribution in [2.75, 3.05) is 42.9 Å². The molecule has 0 unspecified atom stereocenters. The lowest BCUT2D eigenvalue weighted by molar-refractivity contribution is 0.584. The van der Waals surface area contributed by atoms with E-state index in [1.807, 2.05) is 6.20 Å². The molecule has 0 aliphatic carbocycles. The van der Waals surface area contributed by atoms with Gasteiger partial charge in [-0.15, -0.1) is 0 Å². The number of piperazine rings is 1. The van der Waals surface area contributed by atoms with Gasteiger partial charge in [0.15, 0.2) is 0 Å². The summed E-state index contributed by atoms with van der Waals surface area (Å²) in [7, 11) is 0. The Kier molecular flexibility index (Phi) is 3.34. The molecule has 2 heterocycles. The first-order chi connectivity index (χ1) is 7.40. The van der Waals surface area contributed by atoms with Crippen molar-refractivity contribution < 1.29 is 0 Å². The van der Waals surface area contributed by atoms with Crippen molar-refractivity contribution in [3.63, 3.8) is 0 Å². The minimum Gasteiger partial charge on any atom is -0.369 e. The van der Waals surface area contributed by atoms with Gasteiger partial charge < -0.3 is 15.5 Å². The smallest absolute Gasteiger partial charge is 0.149 e. The first-order valence-electron chi connectivity index (χ1n) is 5.41. The molecule has 0 bridgehead atoms. The Hall–Kier alpha value is -1.36. The molecule has 1 aromatic heterocycles. The van der Waals surface area contributed by atoms with Gasteiger partial charge in [0.25, 0.3) is 0 Å². The normalized spacial score (nSPS) is 16.5. The van der Waals surface area contributed by atoms with Crippen molar-refractivity contribution in [3.05, 3.63) is 12.4 Å². The maximum absolute atomic E-state index is 4.51. The monoisotopic (exact) mass is 207 g/mol. The first kappa shape index (κ1) is 10.2. The van der Waals surface area contributed by atoms with E-state index in [4.69, 9.17) is 0 Å². The Morgan fingerprint density at radius 2 is 2.20 bits per heavy atom. The number of anilines is 2. The lowest BCUT2D eigenvalue weighted by atomic mass is 10.3. The van der Waals surface area contributed by atoms with Gasteiger partial charge in [-0.05, 0) is 6.92 Å². The molecule has 82 valence electrons. The van der Waals surface area contributed by atoms with Crippen LogP contribution in [0.5, 0.6) is 0 Å². The van der Waals surface area contributed by atoms with E-state index in [1.165, 1.54) is 0 Å². The maximum Gasteiger partial charge on any atom is 0.149 e. The fourth-order valence-corrected chi connectivity index (χ4v) is 1.67. The third kappa shape index (κ3) is 2.56. The third-order valence-electron chi connectivity index (χ3n) is 2.42. The van der Waals surface area contributed by atoms with Gasteiger partial charge >= 0.3 is 0 Å². The Morgan fingerprint density at radius 3 is 2.93 bits per heavy atom. The van der Waals surface area contributed by atoms with E-state index in [-0.39, 0.29) is 0 Å². The van der Waals surface area contributed by atoms with Gasteiger partial charge in [-0.2, -0.15) is 0 Å². The van der Waals surface area contributed by atoms with Crippen molar-refractivity contribution in [2.24, 2.45) is 0 Å². The lowest BCUT2D eigenvalue weighted by Crippen LogP contribution is -2.44.